The van der Waals surface area contributed by atoms with E-state index in [1.165, 1.54) is 32.1 Å². The molecular weight excluding hydrogens is 228 g/mol. The molecule has 0 aliphatic heterocycles. The summed E-state index contributed by atoms with van der Waals surface area (Å²) in [5.74, 6) is 2.48. The van der Waals surface area contributed by atoms with Gasteiger partial charge in [0.05, 0.1) is 0 Å². The summed E-state index contributed by atoms with van der Waals surface area (Å²) in [6, 6.07) is 0. The zero-order valence-electron chi connectivity index (χ0n) is 15.3. The first-order chi connectivity index (χ1) is 8.54. The first kappa shape index (κ1) is 19.0. The monoisotopic (exact) mass is 268 g/mol. The molecule has 0 amide bonds. The lowest BCUT2D eigenvalue weighted by molar-refractivity contribution is 0.0169. The van der Waals surface area contributed by atoms with Gasteiger partial charge in [0.1, 0.15) is 0 Å². The van der Waals surface area contributed by atoms with E-state index in [-0.39, 0.29) is 0 Å². The molecule has 0 heteroatoms. The van der Waals surface area contributed by atoms with E-state index in [0.29, 0.717) is 10.8 Å². The van der Waals surface area contributed by atoms with Gasteiger partial charge in [-0.15, -0.1) is 0 Å². The van der Waals surface area contributed by atoms with Crippen LogP contribution in [0.25, 0.3) is 0 Å². The van der Waals surface area contributed by atoms with Gasteiger partial charge >= 0.3 is 0 Å². The summed E-state index contributed by atoms with van der Waals surface area (Å²) in [4.78, 5) is 0. The number of hydrogen-bond donors (Lipinski definition) is 0. The van der Waals surface area contributed by atoms with Crippen molar-refractivity contribution < 1.29 is 0 Å². The Bertz CT molecular complexity index is 231. The molecule has 0 aromatic heterocycles. The molecule has 0 saturated carbocycles. The van der Waals surface area contributed by atoms with E-state index in [1.807, 2.05) is 0 Å². The van der Waals surface area contributed by atoms with Gasteiger partial charge in [0.2, 0.25) is 0 Å². The van der Waals surface area contributed by atoms with Crippen molar-refractivity contribution in [1.82, 2.24) is 0 Å². The minimum absolute atomic E-state index is 0.412. The fourth-order valence-electron chi connectivity index (χ4n) is 3.43. The minimum atomic E-state index is 0.412. The molecule has 0 heterocycles. The van der Waals surface area contributed by atoms with E-state index < -0.39 is 0 Å². The maximum atomic E-state index is 2.47. The standard InChI is InChI=1S/C19H40/c1-10-17(6)14-19(13-16(4)5,18(7,8)9)12-11-15(2)3/h15-17H,10-14H2,1-9H3. The van der Waals surface area contributed by atoms with Gasteiger partial charge < -0.3 is 0 Å². The van der Waals surface area contributed by atoms with Crippen LogP contribution in [-0.4, -0.2) is 0 Å². The maximum absolute atomic E-state index is 2.47. The summed E-state index contributed by atoms with van der Waals surface area (Å²) in [6.07, 6.45) is 6.88. The quantitative estimate of drug-likeness (QED) is 0.447. The van der Waals surface area contributed by atoms with Gasteiger partial charge in [-0.05, 0) is 47.8 Å². The van der Waals surface area contributed by atoms with Gasteiger partial charge in [-0.1, -0.05) is 75.2 Å². The van der Waals surface area contributed by atoms with Crippen molar-refractivity contribution in [2.75, 3.05) is 0 Å². The average Bonchev–Trinajstić information content (AvgIpc) is 2.23. The second-order valence-corrected chi connectivity index (χ2v) is 8.78. The van der Waals surface area contributed by atoms with Crippen molar-refractivity contribution in [3.05, 3.63) is 0 Å². The highest BCUT2D eigenvalue weighted by Crippen LogP contribution is 2.52. The molecule has 0 aliphatic rings. The minimum Gasteiger partial charge on any atom is -0.0651 e. The molecule has 0 N–H and O–H groups in total. The predicted octanol–water partition coefficient (Wildman–Crippen LogP) is 6.94. The van der Waals surface area contributed by atoms with Gasteiger partial charge in [0.25, 0.3) is 0 Å². The van der Waals surface area contributed by atoms with Gasteiger partial charge in [-0.2, -0.15) is 0 Å². The van der Waals surface area contributed by atoms with Crippen LogP contribution in [0, 0.1) is 28.6 Å². The topological polar surface area (TPSA) is 0 Å². The molecule has 0 radical (unpaired) electrons. The predicted molar refractivity (Wildman–Crippen MR) is 89.5 cm³/mol. The van der Waals surface area contributed by atoms with Crippen LogP contribution < -0.4 is 0 Å². The lowest BCUT2D eigenvalue weighted by Crippen LogP contribution is -2.39. The van der Waals surface area contributed by atoms with E-state index in [0.717, 1.165) is 17.8 Å². The van der Waals surface area contributed by atoms with Crippen LogP contribution in [0.3, 0.4) is 0 Å². The van der Waals surface area contributed by atoms with Gasteiger partial charge in [-0.25, -0.2) is 0 Å². The molecule has 2 unspecified atom stereocenters. The third-order valence-electron chi connectivity index (χ3n) is 5.03. The molecule has 0 aliphatic carbocycles. The summed E-state index contributed by atoms with van der Waals surface area (Å²) in [6.45, 7) is 21.7. The van der Waals surface area contributed by atoms with Crippen molar-refractivity contribution in [1.29, 1.82) is 0 Å². The van der Waals surface area contributed by atoms with Crippen molar-refractivity contribution in [2.24, 2.45) is 28.6 Å². The molecule has 0 bridgehead atoms. The second-order valence-electron chi connectivity index (χ2n) is 8.78. The Morgan fingerprint density at radius 3 is 1.63 bits per heavy atom. The van der Waals surface area contributed by atoms with Crippen LogP contribution in [0.1, 0.15) is 94.4 Å². The third kappa shape index (κ3) is 6.32. The lowest BCUT2D eigenvalue weighted by atomic mass is 9.57. The molecule has 0 saturated heterocycles. The molecule has 116 valence electrons. The fraction of sp³-hybridized carbons (Fsp3) is 1.00. The Balaban J connectivity index is 5.20. The van der Waals surface area contributed by atoms with Crippen LogP contribution in [0.2, 0.25) is 0 Å². The van der Waals surface area contributed by atoms with E-state index >= 15 is 0 Å². The summed E-state index contributed by atoms with van der Waals surface area (Å²) < 4.78 is 0. The van der Waals surface area contributed by atoms with E-state index in [9.17, 15) is 0 Å². The lowest BCUT2D eigenvalue weighted by Gasteiger charge is -2.48. The van der Waals surface area contributed by atoms with Crippen molar-refractivity contribution in [3.8, 4) is 0 Å². The van der Waals surface area contributed by atoms with E-state index in [4.69, 9.17) is 0 Å². The van der Waals surface area contributed by atoms with E-state index in [2.05, 4.69) is 62.3 Å². The third-order valence-corrected chi connectivity index (χ3v) is 5.03. The molecule has 19 heavy (non-hydrogen) atoms. The maximum Gasteiger partial charge on any atom is -0.0244 e. The van der Waals surface area contributed by atoms with Crippen molar-refractivity contribution >= 4 is 0 Å². The van der Waals surface area contributed by atoms with Crippen molar-refractivity contribution in [2.45, 2.75) is 94.4 Å². The molecule has 2 atom stereocenters. The molecule has 0 spiro atoms. The summed E-state index contributed by atoms with van der Waals surface area (Å²) in [5, 5.41) is 0. The summed E-state index contributed by atoms with van der Waals surface area (Å²) in [7, 11) is 0. The van der Waals surface area contributed by atoms with Crippen LogP contribution in [0.15, 0.2) is 0 Å². The zero-order valence-corrected chi connectivity index (χ0v) is 15.3. The van der Waals surface area contributed by atoms with E-state index in [1.54, 1.807) is 0 Å². The first-order valence-corrected chi connectivity index (χ1v) is 8.54. The highest BCUT2D eigenvalue weighted by atomic mass is 14.5. The second kappa shape index (κ2) is 7.70. The summed E-state index contributed by atoms with van der Waals surface area (Å²) >= 11 is 0. The smallest absolute Gasteiger partial charge is 0.0244 e. The summed E-state index contributed by atoms with van der Waals surface area (Å²) in [5.41, 5.74) is 0.927. The Labute approximate surface area is 123 Å². The van der Waals surface area contributed by atoms with Gasteiger partial charge in [-0.3, -0.25) is 0 Å². The highest BCUT2D eigenvalue weighted by molar-refractivity contribution is 4.92. The molecule has 0 aromatic carbocycles. The Morgan fingerprint density at radius 2 is 1.32 bits per heavy atom. The van der Waals surface area contributed by atoms with Crippen LogP contribution in [0.4, 0.5) is 0 Å². The van der Waals surface area contributed by atoms with Crippen LogP contribution >= 0.6 is 0 Å². The van der Waals surface area contributed by atoms with Crippen molar-refractivity contribution in [3.63, 3.8) is 0 Å². The van der Waals surface area contributed by atoms with Crippen LogP contribution in [-0.2, 0) is 0 Å². The van der Waals surface area contributed by atoms with Crippen LogP contribution in [0.5, 0.6) is 0 Å². The molecule has 0 nitrogen and oxygen atoms in total. The zero-order chi connectivity index (χ0) is 15.3. The Morgan fingerprint density at radius 1 is 0.789 bits per heavy atom. The normalized spacial score (nSPS) is 17.8. The molecule has 0 rings (SSSR count). The van der Waals surface area contributed by atoms with Gasteiger partial charge in [0, 0.05) is 0 Å². The first-order valence-electron chi connectivity index (χ1n) is 8.54. The highest BCUT2D eigenvalue weighted by Gasteiger charge is 2.42. The number of hydrogen-bond acceptors (Lipinski definition) is 0. The Hall–Kier alpha value is 0. The SMILES string of the molecule is CCC(C)CC(CCC(C)C)(CC(C)C)C(C)(C)C. The van der Waals surface area contributed by atoms with Gasteiger partial charge in [0.15, 0.2) is 0 Å². The largest absolute Gasteiger partial charge is 0.0651 e. The fourth-order valence-corrected chi connectivity index (χ4v) is 3.43. The number of rotatable bonds is 8. The molecule has 0 fully saturated rings. The molecule has 0 aromatic rings. The average molecular weight is 269 g/mol. The Kier molecular flexibility index (Phi) is 7.70. The molecular formula is C19H40.